The summed E-state index contributed by atoms with van der Waals surface area (Å²) in [6, 6.07) is 0.0383. The topological polar surface area (TPSA) is 55.6 Å². The molecular formula is C13H24N2O2. The van der Waals surface area contributed by atoms with Gasteiger partial charge in [0.2, 0.25) is 0 Å². The molecule has 2 N–H and O–H groups in total. The average molecular weight is 240 g/mol. The molecule has 1 saturated carbocycles. The first-order chi connectivity index (χ1) is 8.20. The van der Waals surface area contributed by atoms with E-state index in [2.05, 4.69) is 4.90 Å². The van der Waals surface area contributed by atoms with Crippen LogP contribution < -0.4 is 5.73 Å². The number of ether oxygens (including phenoxy) is 1. The molecule has 2 aliphatic rings. The molecule has 4 nitrogen and oxygen atoms in total. The van der Waals surface area contributed by atoms with Gasteiger partial charge in [-0.05, 0) is 32.1 Å². The van der Waals surface area contributed by atoms with Gasteiger partial charge in [0.25, 0.3) is 0 Å². The van der Waals surface area contributed by atoms with Crippen LogP contribution in [-0.4, -0.2) is 42.6 Å². The zero-order valence-corrected chi connectivity index (χ0v) is 10.7. The monoisotopic (exact) mass is 240 g/mol. The van der Waals surface area contributed by atoms with Gasteiger partial charge < -0.3 is 10.5 Å². The Morgan fingerprint density at radius 3 is 2.76 bits per heavy atom. The van der Waals surface area contributed by atoms with E-state index >= 15 is 0 Å². The third-order valence-electron chi connectivity index (χ3n) is 3.96. The summed E-state index contributed by atoms with van der Waals surface area (Å²) in [5.74, 6) is 0.677. The zero-order chi connectivity index (χ0) is 12.3. The van der Waals surface area contributed by atoms with Crippen molar-refractivity contribution in [2.24, 2.45) is 11.7 Å². The van der Waals surface area contributed by atoms with Crippen molar-refractivity contribution in [2.45, 2.75) is 51.1 Å². The van der Waals surface area contributed by atoms with Crippen LogP contribution in [0.5, 0.6) is 0 Å². The number of nitrogens with two attached hydrogens (primary N) is 1. The van der Waals surface area contributed by atoms with Crippen LogP contribution in [0.25, 0.3) is 0 Å². The van der Waals surface area contributed by atoms with E-state index in [0.29, 0.717) is 6.61 Å². The fraction of sp³-hybridized carbons (Fsp3) is 0.923. The molecule has 0 amide bonds. The van der Waals surface area contributed by atoms with Gasteiger partial charge in [0.15, 0.2) is 0 Å². The number of nitrogens with zero attached hydrogens (tertiary/aromatic N) is 1. The van der Waals surface area contributed by atoms with Crippen molar-refractivity contribution >= 4 is 5.97 Å². The lowest BCUT2D eigenvalue weighted by molar-refractivity contribution is -0.148. The molecule has 0 unspecified atom stereocenters. The molecule has 0 spiro atoms. The van der Waals surface area contributed by atoms with Crippen LogP contribution >= 0.6 is 0 Å². The van der Waals surface area contributed by atoms with Crippen LogP contribution in [0.1, 0.15) is 39.0 Å². The maximum atomic E-state index is 11.9. The number of rotatable bonds is 4. The highest BCUT2D eigenvalue weighted by atomic mass is 16.5. The van der Waals surface area contributed by atoms with Crippen molar-refractivity contribution in [3.8, 4) is 0 Å². The first-order valence-corrected chi connectivity index (χ1v) is 6.87. The third-order valence-corrected chi connectivity index (χ3v) is 3.96. The number of carbonyl (C=O) groups excluding carboxylic acids is 1. The summed E-state index contributed by atoms with van der Waals surface area (Å²) < 4.78 is 5.13. The molecule has 2 fully saturated rings. The Kier molecular flexibility index (Phi) is 4.40. The van der Waals surface area contributed by atoms with Gasteiger partial charge in [-0.1, -0.05) is 12.8 Å². The first-order valence-electron chi connectivity index (χ1n) is 6.87. The Labute approximate surface area is 103 Å². The second kappa shape index (κ2) is 5.83. The van der Waals surface area contributed by atoms with Gasteiger partial charge in [0.1, 0.15) is 6.04 Å². The standard InChI is InChI=1S/C13H24N2O2/c1-2-17-13(16)12-7-11(14)9-15(12)8-10-5-3-4-6-10/h10-12H,2-9,14H2,1H3/t11-,12-/m0/s1. The highest BCUT2D eigenvalue weighted by Crippen LogP contribution is 2.28. The van der Waals surface area contributed by atoms with E-state index in [1.54, 1.807) is 0 Å². The SMILES string of the molecule is CCOC(=O)[C@@H]1C[C@H](N)CN1CC1CCCC1. The summed E-state index contributed by atoms with van der Waals surface area (Å²) in [5, 5.41) is 0. The summed E-state index contributed by atoms with van der Waals surface area (Å²) in [6.07, 6.45) is 6.05. The van der Waals surface area contributed by atoms with Gasteiger partial charge in [-0.2, -0.15) is 0 Å². The average Bonchev–Trinajstić information content (AvgIpc) is 2.89. The van der Waals surface area contributed by atoms with Crippen molar-refractivity contribution in [3.63, 3.8) is 0 Å². The summed E-state index contributed by atoms with van der Waals surface area (Å²) >= 11 is 0. The van der Waals surface area contributed by atoms with E-state index in [9.17, 15) is 4.79 Å². The number of likely N-dealkylation sites (tertiary alicyclic amines) is 1. The Morgan fingerprint density at radius 1 is 1.41 bits per heavy atom. The number of esters is 1. The molecule has 4 heteroatoms. The molecular weight excluding hydrogens is 216 g/mol. The van der Waals surface area contributed by atoms with Crippen molar-refractivity contribution < 1.29 is 9.53 Å². The smallest absolute Gasteiger partial charge is 0.323 e. The molecule has 2 rings (SSSR count). The molecule has 1 aliphatic carbocycles. The van der Waals surface area contributed by atoms with Crippen molar-refractivity contribution in [2.75, 3.05) is 19.7 Å². The van der Waals surface area contributed by atoms with Gasteiger partial charge in [0.05, 0.1) is 6.61 Å². The summed E-state index contributed by atoms with van der Waals surface area (Å²) in [5.41, 5.74) is 5.97. The largest absolute Gasteiger partial charge is 0.465 e. The number of hydrogen-bond acceptors (Lipinski definition) is 4. The zero-order valence-electron chi connectivity index (χ0n) is 10.7. The van der Waals surface area contributed by atoms with Crippen molar-refractivity contribution in [1.82, 2.24) is 4.90 Å². The summed E-state index contributed by atoms with van der Waals surface area (Å²) in [6.45, 7) is 4.19. The molecule has 1 aliphatic heterocycles. The quantitative estimate of drug-likeness (QED) is 0.749. The fourth-order valence-electron chi connectivity index (χ4n) is 3.15. The van der Waals surface area contributed by atoms with Crippen LogP contribution in [0.2, 0.25) is 0 Å². The van der Waals surface area contributed by atoms with Gasteiger partial charge in [0, 0.05) is 19.1 Å². The molecule has 0 aromatic carbocycles. The van der Waals surface area contributed by atoms with Crippen LogP contribution in [0.4, 0.5) is 0 Å². The van der Waals surface area contributed by atoms with E-state index in [1.807, 2.05) is 6.92 Å². The second-order valence-corrected chi connectivity index (χ2v) is 5.37. The predicted molar refractivity (Wildman–Crippen MR) is 66.5 cm³/mol. The van der Waals surface area contributed by atoms with Crippen LogP contribution in [0.3, 0.4) is 0 Å². The maximum absolute atomic E-state index is 11.9. The molecule has 0 aromatic rings. The van der Waals surface area contributed by atoms with Gasteiger partial charge in [-0.3, -0.25) is 9.69 Å². The van der Waals surface area contributed by atoms with E-state index in [0.717, 1.165) is 25.4 Å². The maximum Gasteiger partial charge on any atom is 0.323 e. The molecule has 98 valence electrons. The lowest BCUT2D eigenvalue weighted by Crippen LogP contribution is -2.40. The van der Waals surface area contributed by atoms with Gasteiger partial charge >= 0.3 is 5.97 Å². The van der Waals surface area contributed by atoms with E-state index < -0.39 is 0 Å². The second-order valence-electron chi connectivity index (χ2n) is 5.37. The van der Waals surface area contributed by atoms with Crippen molar-refractivity contribution in [3.05, 3.63) is 0 Å². The van der Waals surface area contributed by atoms with Crippen LogP contribution in [-0.2, 0) is 9.53 Å². The minimum absolute atomic E-state index is 0.0848. The lowest BCUT2D eigenvalue weighted by Gasteiger charge is -2.25. The van der Waals surface area contributed by atoms with E-state index in [1.165, 1.54) is 25.7 Å². The summed E-state index contributed by atoms with van der Waals surface area (Å²) in [4.78, 5) is 14.1. The normalized spacial score (nSPS) is 30.9. The Morgan fingerprint density at radius 2 is 2.12 bits per heavy atom. The van der Waals surface area contributed by atoms with Gasteiger partial charge in [-0.25, -0.2) is 0 Å². The predicted octanol–water partition coefficient (Wildman–Crippen LogP) is 1.14. The summed E-state index contributed by atoms with van der Waals surface area (Å²) in [7, 11) is 0. The van der Waals surface area contributed by atoms with Crippen LogP contribution in [0.15, 0.2) is 0 Å². The molecule has 0 radical (unpaired) electrons. The Bertz CT molecular complexity index is 264. The van der Waals surface area contributed by atoms with E-state index in [4.69, 9.17) is 10.5 Å². The number of hydrogen-bond donors (Lipinski definition) is 1. The Hall–Kier alpha value is -0.610. The van der Waals surface area contributed by atoms with E-state index in [-0.39, 0.29) is 18.1 Å². The molecule has 1 saturated heterocycles. The number of carbonyl (C=O) groups is 1. The highest BCUT2D eigenvalue weighted by molar-refractivity contribution is 5.76. The lowest BCUT2D eigenvalue weighted by atomic mass is 10.1. The molecule has 17 heavy (non-hydrogen) atoms. The molecule has 0 aromatic heterocycles. The van der Waals surface area contributed by atoms with Crippen molar-refractivity contribution in [1.29, 1.82) is 0 Å². The van der Waals surface area contributed by atoms with Gasteiger partial charge in [-0.15, -0.1) is 0 Å². The first kappa shape index (κ1) is 12.8. The fourth-order valence-corrected chi connectivity index (χ4v) is 3.15. The third kappa shape index (κ3) is 3.19. The van der Waals surface area contributed by atoms with Crippen LogP contribution in [0, 0.1) is 5.92 Å². The highest BCUT2D eigenvalue weighted by Gasteiger charge is 2.37. The molecule has 2 atom stereocenters. The minimum Gasteiger partial charge on any atom is -0.465 e. The molecule has 0 bridgehead atoms. The Balaban J connectivity index is 1.90. The molecule has 1 heterocycles. The minimum atomic E-state index is -0.0921.